The Kier molecular flexibility index (Phi) is 8.47. The summed E-state index contributed by atoms with van der Waals surface area (Å²) < 4.78 is 28.6. The van der Waals surface area contributed by atoms with Gasteiger partial charge in [0.25, 0.3) is 10.2 Å². The van der Waals surface area contributed by atoms with Gasteiger partial charge >= 0.3 is 0 Å². The molecule has 19 heavy (non-hydrogen) atoms. The van der Waals surface area contributed by atoms with E-state index in [1.54, 1.807) is 4.31 Å². The zero-order valence-corrected chi connectivity index (χ0v) is 13.7. The molecule has 1 fully saturated rings. The summed E-state index contributed by atoms with van der Waals surface area (Å²) in [5.41, 5.74) is 5.69. The van der Waals surface area contributed by atoms with Gasteiger partial charge in [-0.15, -0.1) is 12.4 Å². The SMILES string of the molecule is CCC(N)(CC)CNS(=O)(=O)N1CCCCCC1.Cl. The molecule has 0 amide bonds. The van der Waals surface area contributed by atoms with E-state index in [4.69, 9.17) is 5.73 Å². The number of rotatable bonds is 6. The highest BCUT2D eigenvalue weighted by Crippen LogP contribution is 2.14. The fourth-order valence-electron chi connectivity index (χ4n) is 2.11. The van der Waals surface area contributed by atoms with E-state index >= 15 is 0 Å². The Balaban J connectivity index is 0.00000324. The average molecular weight is 314 g/mol. The van der Waals surface area contributed by atoms with Gasteiger partial charge in [0.15, 0.2) is 0 Å². The quantitative estimate of drug-likeness (QED) is 0.782. The van der Waals surface area contributed by atoms with Crippen LogP contribution in [0, 0.1) is 0 Å². The van der Waals surface area contributed by atoms with Crippen molar-refractivity contribution in [3.8, 4) is 0 Å². The van der Waals surface area contributed by atoms with Crippen molar-refractivity contribution in [2.45, 2.75) is 57.9 Å². The Morgan fingerprint density at radius 2 is 1.58 bits per heavy atom. The smallest absolute Gasteiger partial charge is 0.279 e. The third kappa shape index (κ3) is 5.95. The molecule has 116 valence electrons. The summed E-state index contributed by atoms with van der Waals surface area (Å²) in [6.45, 7) is 5.56. The maximum Gasteiger partial charge on any atom is 0.279 e. The highest BCUT2D eigenvalue weighted by molar-refractivity contribution is 7.87. The molecule has 1 heterocycles. The normalized spacial score (nSPS) is 18.7. The van der Waals surface area contributed by atoms with E-state index in [0.29, 0.717) is 19.6 Å². The largest absolute Gasteiger partial charge is 0.324 e. The zero-order valence-electron chi connectivity index (χ0n) is 12.0. The lowest BCUT2D eigenvalue weighted by molar-refractivity contribution is 0.372. The minimum Gasteiger partial charge on any atom is -0.324 e. The molecule has 0 bridgehead atoms. The molecule has 0 radical (unpaired) electrons. The Bertz CT molecular complexity index is 337. The third-order valence-corrected chi connectivity index (χ3v) is 5.47. The minimum absolute atomic E-state index is 0. The number of nitrogens with one attached hydrogen (secondary N) is 1. The van der Waals surface area contributed by atoms with Crippen LogP contribution in [0.4, 0.5) is 0 Å². The van der Waals surface area contributed by atoms with Crippen molar-refractivity contribution in [3.63, 3.8) is 0 Å². The van der Waals surface area contributed by atoms with Crippen LogP contribution in [0.25, 0.3) is 0 Å². The van der Waals surface area contributed by atoms with Crippen molar-refractivity contribution in [2.75, 3.05) is 19.6 Å². The maximum absolute atomic E-state index is 12.2. The molecule has 1 saturated heterocycles. The van der Waals surface area contributed by atoms with Crippen LogP contribution in [-0.4, -0.2) is 37.9 Å². The molecule has 3 N–H and O–H groups in total. The Hall–Kier alpha value is 0.120. The van der Waals surface area contributed by atoms with Gasteiger partial charge in [0.05, 0.1) is 0 Å². The summed E-state index contributed by atoms with van der Waals surface area (Å²) in [6.07, 6.45) is 5.69. The van der Waals surface area contributed by atoms with Crippen LogP contribution in [0.3, 0.4) is 0 Å². The van der Waals surface area contributed by atoms with E-state index in [1.165, 1.54) is 0 Å². The summed E-state index contributed by atoms with van der Waals surface area (Å²) in [6, 6.07) is 0. The first-order valence-corrected chi connectivity index (χ1v) is 8.41. The molecule has 1 rings (SSSR count). The molecule has 0 atom stereocenters. The van der Waals surface area contributed by atoms with Gasteiger partial charge in [-0.2, -0.15) is 12.7 Å². The van der Waals surface area contributed by atoms with Crippen LogP contribution in [0.5, 0.6) is 0 Å². The van der Waals surface area contributed by atoms with Crippen LogP contribution < -0.4 is 10.5 Å². The molecule has 1 aliphatic heterocycles. The number of nitrogens with two attached hydrogens (primary N) is 1. The summed E-state index contributed by atoms with van der Waals surface area (Å²) in [5, 5.41) is 0. The fourth-order valence-corrected chi connectivity index (χ4v) is 3.50. The Morgan fingerprint density at radius 3 is 2.00 bits per heavy atom. The average Bonchev–Trinajstić information content (AvgIpc) is 2.65. The third-order valence-electron chi connectivity index (χ3n) is 3.92. The second-order valence-corrected chi connectivity index (χ2v) is 6.96. The van der Waals surface area contributed by atoms with Crippen LogP contribution in [0.1, 0.15) is 52.4 Å². The first-order valence-electron chi connectivity index (χ1n) is 6.97. The summed E-state index contributed by atoms with van der Waals surface area (Å²) >= 11 is 0. The molecule has 5 nitrogen and oxygen atoms in total. The molecule has 0 aliphatic carbocycles. The van der Waals surface area contributed by atoms with Gasteiger partial charge in [0.2, 0.25) is 0 Å². The Labute approximate surface area is 123 Å². The van der Waals surface area contributed by atoms with Gasteiger partial charge in [0.1, 0.15) is 0 Å². The van der Waals surface area contributed by atoms with Crippen LogP contribution in [0.15, 0.2) is 0 Å². The predicted molar refractivity (Wildman–Crippen MR) is 81.7 cm³/mol. The highest BCUT2D eigenvalue weighted by Gasteiger charge is 2.27. The molecule has 1 aliphatic rings. The molecule has 0 unspecified atom stereocenters. The van der Waals surface area contributed by atoms with Crippen molar-refractivity contribution in [2.24, 2.45) is 5.73 Å². The van der Waals surface area contributed by atoms with E-state index in [-0.39, 0.29) is 12.4 Å². The standard InChI is InChI=1S/C12H27N3O2S.ClH/c1-3-12(13,4-2)11-14-18(16,17)15-9-7-5-6-8-10-15;/h14H,3-11,13H2,1-2H3;1H. The molecule has 0 spiro atoms. The molecule has 0 aromatic heterocycles. The van der Waals surface area contributed by atoms with Crippen molar-refractivity contribution in [3.05, 3.63) is 0 Å². The van der Waals surface area contributed by atoms with Gasteiger partial charge in [-0.05, 0) is 25.7 Å². The lowest BCUT2D eigenvalue weighted by Gasteiger charge is -2.28. The number of hydrogen-bond donors (Lipinski definition) is 2. The molecule has 7 heteroatoms. The van der Waals surface area contributed by atoms with E-state index in [2.05, 4.69) is 4.72 Å². The fraction of sp³-hybridized carbons (Fsp3) is 1.00. The Morgan fingerprint density at radius 1 is 1.11 bits per heavy atom. The summed E-state index contributed by atoms with van der Waals surface area (Å²) in [5.74, 6) is 0. The van der Waals surface area contributed by atoms with Crippen molar-refractivity contribution >= 4 is 22.6 Å². The number of hydrogen-bond acceptors (Lipinski definition) is 3. The van der Waals surface area contributed by atoms with E-state index in [9.17, 15) is 8.42 Å². The number of halogens is 1. The minimum atomic E-state index is -3.36. The van der Waals surface area contributed by atoms with Crippen molar-refractivity contribution < 1.29 is 8.42 Å². The molecular formula is C12H28ClN3O2S. The molecule has 0 aromatic carbocycles. The summed E-state index contributed by atoms with van der Waals surface area (Å²) in [7, 11) is -3.36. The molecule has 0 aromatic rings. The van der Waals surface area contributed by atoms with Gasteiger partial charge < -0.3 is 5.73 Å². The lowest BCUT2D eigenvalue weighted by atomic mass is 9.95. The lowest BCUT2D eigenvalue weighted by Crippen LogP contribution is -2.52. The molecule has 0 saturated carbocycles. The van der Waals surface area contributed by atoms with Crippen LogP contribution in [-0.2, 0) is 10.2 Å². The predicted octanol–water partition coefficient (Wildman–Crippen LogP) is 1.64. The first kappa shape index (κ1) is 19.1. The second-order valence-electron chi connectivity index (χ2n) is 5.21. The van der Waals surface area contributed by atoms with Crippen LogP contribution >= 0.6 is 12.4 Å². The maximum atomic E-state index is 12.2. The summed E-state index contributed by atoms with van der Waals surface area (Å²) in [4.78, 5) is 0. The van der Waals surface area contributed by atoms with Crippen LogP contribution in [0.2, 0.25) is 0 Å². The first-order chi connectivity index (χ1) is 8.43. The van der Waals surface area contributed by atoms with Crippen molar-refractivity contribution in [1.29, 1.82) is 0 Å². The van der Waals surface area contributed by atoms with Gasteiger partial charge in [-0.3, -0.25) is 0 Å². The highest BCUT2D eigenvalue weighted by atomic mass is 35.5. The zero-order chi connectivity index (χ0) is 13.6. The van der Waals surface area contributed by atoms with Gasteiger partial charge in [-0.1, -0.05) is 26.7 Å². The van der Waals surface area contributed by atoms with Crippen molar-refractivity contribution in [1.82, 2.24) is 9.03 Å². The van der Waals surface area contributed by atoms with E-state index in [0.717, 1.165) is 38.5 Å². The van der Waals surface area contributed by atoms with E-state index < -0.39 is 15.7 Å². The van der Waals surface area contributed by atoms with Gasteiger partial charge in [0, 0.05) is 25.2 Å². The van der Waals surface area contributed by atoms with Gasteiger partial charge in [-0.25, -0.2) is 4.72 Å². The monoisotopic (exact) mass is 313 g/mol. The van der Waals surface area contributed by atoms with E-state index in [1.807, 2.05) is 13.8 Å². The molecular weight excluding hydrogens is 286 g/mol. The second kappa shape index (κ2) is 8.42. The number of nitrogens with zero attached hydrogens (tertiary/aromatic N) is 1. The topological polar surface area (TPSA) is 75.4 Å².